The molecule has 1 aromatic carbocycles. The first-order chi connectivity index (χ1) is 9.11. The summed E-state index contributed by atoms with van der Waals surface area (Å²) in [5.74, 6) is -0.0144. The van der Waals surface area contributed by atoms with E-state index < -0.39 is 0 Å². The van der Waals surface area contributed by atoms with Crippen LogP contribution in [0, 0.1) is 0 Å². The van der Waals surface area contributed by atoms with E-state index in [4.69, 9.17) is 16.6 Å². The number of benzene rings is 1. The number of rotatable bonds is 4. The predicted molar refractivity (Wildman–Crippen MR) is 75.6 cm³/mol. The largest absolute Gasteiger partial charge is 0.399 e. The number of anilines is 2. The third kappa shape index (κ3) is 3.17. The zero-order chi connectivity index (χ0) is 13.8. The monoisotopic (exact) mass is 263 g/mol. The molecule has 0 radical (unpaired) electrons. The van der Waals surface area contributed by atoms with Gasteiger partial charge in [0.15, 0.2) is 0 Å². The fourth-order valence-corrected chi connectivity index (χ4v) is 2.70. The van der Waals surface area contributed by atoms with Crippen molar-refractivity contribution in [2.75, 3.05) is 24.6 Å². The highest BCUT2D eigenvalue weighted by atomic mass is 16.3. The van der Waals surface area contributed by atoms with Crippen LogP contribution in [0.15, 0.2) is 18.2 Å². The Hall–Kier alpha value is -1.75. The molecular formula is C14H21N3O2. The summed E-state index contributed by atoms with van der Waals surface area (Å²) in [6.07, 6.45) is 3.59. The van der Waals surface area contributed by atoms with Gasteiger partial charge in [0.2, 0.25) is 0 Å². The summed E-state index contributed by atoms with van der Waals surface area (Å²) in [5.41, 5.74) is 13.0. The fourth-order valence-electron chi connectivity index (χ4n) is 2.70. The zero-order valence-corrected chi connectivity index (χ0v) is 11.0. The minimum absolute atomic E-state index is 0.0144. The van der Waals surface area contributed by atoms with Gasteiger partial charge in [-0.3, -0.25) is 4.79 Å². The molecule has 5 heteroatoms. The average molecular weight is 263 g/mol. The standard InChI is InChI=1S/C14H21N3O2/c15-11-7-10(8-12(16)9-11)14(19)17-5-1-3-13(17)4-2-6-18/h7-9,13,18H,1-6,15-16H2. The van der Waals surface area contributed by atoms with Crippen LogP contribution in [0.2, 0.25) is 0 Å². The number of nitrogens with two attached hydrogens (primary N) is 2. The molecule has 104 valence electrons. The van der Waals surface area contributed by atoms with Gasteiger partial charge >= 0.3 is 0 Å². The Kier molecular flexibility index (Phi) is 4.27. The number of nitrogen functional groups attached to an aromatic ring is 2. The Morgan fingerprint density at radius 3 is 2.63 bits per heavy atom. The highest BCUT2D eigenvalue weighted by Gasteiger charge is 2.29. The van der Waals surface area contributed by atoms with Gasteiger partial charge in [0.25, 0.3) is 5.91 Å². The number of likely N-dealkylation sites (tertiary alicyclic amines) is 1. The summed E-state index contributed by atoms with van der Waals surface area (Å²) < 4.78 is 0. The zero-order valence-electron chi connectivity index (χ0n) is 11.0. The first-order valence-corrected chi connectivity index (χ1v) is 6.69. The lowest BCUT2D eigenvalue weighted by molar-refractivity contribution is 0.0724. The minimum Gasteiger partial charge on any atom is -0.399 e. The van der Waals surface area contributed by atoms with Crippen molar-refractivity contribution in [1.82, 2.24) is 4.90 Å². The molecule has 5 N–H and O–H groups in total. The molecule has 1 saturated heterocycles. The summed E-state index contributed by atoms with van der Waals surface area (Å²) in [4.78, 5) is 14.4. The van der Waals surface area contributed by atoms with Gasteiger partial charge in [-0.1, -0.05) is 0 Å². The molecule has 1 amide bonds. The van der Waals surface area contributed by atoms with Crippen LogP contribution in [0.4, 0.5) is 11.4 Å². The van der Waals surface area contributed by atoms with Crippen molar-refractivity contribution in [3.05, 3.63) is 23.8 Å². The SMILES string of the molecule is Nc1cc(N)cc(C(=O)N2CCCC2CCCO)c1. The number of amides is 1. The number of hydrogen-bond acceptors (Lipinski definition) is 4. The minimum atomic E-state index is -0.0144. The lowest BCUT2D eigenvalue weighted by atomic mass is 10.1. The number of carbonyl (C=O) groups is 1. The van der Waals surface area contributed by atoms with Gasteiger partial charge < -0.3 is 21.5 Å². The lowest BCUT2D eigenvalue weighted by Gasteiger charge is -2.25. The second kappa shape index (κ2) is 5.93. The maximum Gasteiger partial charge on any atom is 0.254 e. The summed E-state index contributed by atoms with van der Waals surface area (Å²) in [6, 6.07) is 5.20. The molecule has 2 rings (SSSR count). The molecule has 5 nitrogen and oxygen atoms in total. The molecule has 0 spiro atoms. The first-order valence-electron chi connectivity index (χ1n) is 6.69. The number of hydrogen-bond donors (Lipinski definition) is 3. The van der Waals surface area contributed by atoms with E-state index in [1.807, 2.05) is 4.90 Å². The van der Waals surface area contributed by atoms with Crippen LogP contribution in [0.3, 0.4) is 0 Å². The summed E-state index contributed by atoms with van der Waals surface area (Å²) in [5, 5.41) is 8.90. The van der Waals surface area contributed by atoms with Gasteiger partial charge in [0, 0.05) is 36.1 Å². The highest BCUT2D eigenvalue weighted by Crippen LogP contribution is 2.25. The Morgan fingerprint density at radius 1 is 1.32 bits per heavy atom. The number of aliphatic hydroxyl groups is 1. The Labute approximate surface area is 113 Å². The molecule has 1 aliphatic rings. The van der Waals surface area contributed by atoms with Crippen LogP contribution in [0.1, 0.15) is 36.0 Å². The Bertz CT molecular complexity index is 442. The summed E-state index contributed by atoms with van der Waals surface area (Å²) in [6.45, 7) is 0.938. The number of carbonyl (C=O) groups excluding carboxylic acids is 1. The molecule has 1 fully saturated rings. The average Bonchev–Trinajstić information content (AvgIpc) is 2.82. The highest BCUT2D eigenvalue weighted by molar-refractivity contribution is 5.96. The van der Waals surface area contributed by atoms with Gasteiger partial charge in [0.1, 0.15) is 0 Å². The van der Waals surface area contributed by atoms with E-state index >= 15 is 0 Å². The van der Waals surface area contributed by atoms with Crippen LogP contribution in [0.25, 0.3) is 0 Å². The van der Waals surface area contributed by atoms with E-state index in [0.717, 1.165) is 32.2 Å². The quantitative estimate of drug-likeness (QED) is 0.712. The van der Waals surface area contributed by atoms with E-state index in [1.165, 1.54) is 0 Å². The lowest BCUT2D eigenvalue weighted by Crippen LogP contribution is -2.35. The van der Waals surface area contributed by atoms with Crippen LogP contribution in [0.5, 0.6) is 0 Å². The Balaban J connectivity index is 2.13. The van der Waals surface area contributed by atoms with Crippen LogP contribution < -0.4 is 11.5 Å². The Morgan fingerprint density at radius 2 is 2.00 bits per heavy atom. The fraction of sp³-hybridized carbons (Fsp3) is 0.500. The van der Waals surface area contributed by atoms with Crippen molar-refractivity contribution in [3.8, 4) is 0 Å². The maximum absolute atomic E-state index is 12.5. The molecule has 1 aliphatic heterocycles. The topological polar surface area (TPSA) is 92.6 Å². The molecule has 0 saturated carbocycles. The van der Waals surface area contributed by atoms with E-state index in [-0.39, 0.29) is 18.6 Å². The van der Waals surface area contributed by atoms with Crippen molar-refractivity contribution >= 4 is 17.3 Å². The third-order valence-corrected chi connectivity index (χ3v) is 3.56. The van der Waals surface area contributed by atoms with E-state index in [1.54, 1.807) is 18.2 Å². The second-order valence-electron chi connectivity index (χ2n) is 5.05. The van der Waals surface area contributed by atoms with Gasteiger partial charge in [-0.25, -0.2) is 0 Å². The molecule has 1 atom stereocenters. The second-order valence-corrected chi connectivity index (χ2v) is 5.05. The molecule has 0 aromatic heterocycles. The van der Waals surface area contributed by atoms with E-state index in [2.05, 4.69) is 0 Å². The van der Waals surface area contributed by atoms with Crippen molar-refractivity contribution in [1.29, 1.82) is 0 Å². The molecule has 0 aliphatic carbocycles. The summed E-state index contributed by atoms with van der Waals surface area (Å²) >= 11 is 0. The summed E-state index contributed by atoms with van der Waals surface area (Å²) in [7, 11) is 0. The maximum atomic E-state index is 12.5. The molecule has 1 unspecified atom stereocenters. The molecule has 0 bridgehead atoms. The van der Waals surface area contributed by atoms with Crippen molar-refractivity contribution < 1.29 is 9.90 Å². The van der Waals surface area contributed by atoms with Gasteiger partial charge in [-0.05, 0) is 43.9 Å². The number of nitrogens with zero attached hydrogens (tertiary/aromatic N) is 1. The van der Waals surface area contributed by atoms with Crippen molar-refractivity contribution in [2.24, 2.45) is 0 Å². The van der Waals surface area contributed by atoms with Gasteiger partial charge in [0.05, 0.1) is 0 Å². The molecule has 1 heterocycles. The van der Waals surface area contributed by atoms with E-state index in [0.29, 0.717) is 16.9 Å². The predicted octanol–water partition coefficient (Wildman–Crippen LogP) is 1.23. The van der Waals surface area contributed by atoms with Crippen LogP contribution >= 0.6 is 0 Å². The van der Waals surface area contributed by atoms with Crippen LogP contribution in [-0.2, 0) is 0 Å². The van der Waals surface area contributed by atoms with Crippen molar-refractivity contribution in [3.63, 3.8) is 0 Å². The smallest absolute Gasteiger partial charge is 0.254 e. The van der Waals surface area contributed by atoms with Gasteiger partial charge in [-0.15, -0.1) is 0 Å². The van der Waals surface area contributed by atoms with Crippen molar-refractivity contribution in [2.45, 2.75) is 31.7 Å². The molecule has 1 aromatic rings. The normalized spacial score (nSPS) is 18.8. The van der Waals surface area contributed by atoms with Crippen LogP contribution in [-0.4, -0.2) is 35.1 Å². The first kappa shape index (κ1) is 13.7. The number of aliphatic hydroxyl groups excluding tert-OH is 1. The molecular weight excluding hydrogens is 242 g/mol. The third-order valence-electron chi connectivity index (χ3n) is 3.56. The van der Waals surface area contributed by atoms with E-state index in [9.17, 15) is 4.79 Å². The van der Waals surface area contributed by atoms with Gasteiger partial charge in [-0.2, -0.15) is 0 Å². The molecule has 19 heavy (non-hydrogen) atoms.